The fraction of sp³-hybridized carbons (Fsp3) is 0.308. The Morgan fingerprint density at radius 1 is 1.15 bits per heavy atom. The molecule has 0 aliphatic rings. The summed E-state index contributed by atoms with van der Waals surface area (Å²) in [6.45, 7) is 2.59. The van der Waals surface area contributed by atoms with E-state index in [1.807, 2.05) is 45.3 Å². The molecule has 1 aromatic carbocycles. The average molecular weight is 274 g/mol. The van der Waals surface area contributed by atoms with E-state index in [-0.39, 0.29) is 5.95 Å². The zero-order valence-corrected chi connectivity index (χ0v) is 11.8. The Morgan fingerprint density at radius 2 is 1.85 bits per heavy atom. The Bertz CT molecular complexity index is 570. The molecule has 1 heterocycles. The molecule has 1 aromatic heterocycles. The van der Waals surface area contributed by atoms with Gasteiger partial charge in [-0.05, 0) is 31.2 Å². The van der Waals surface area contributed by atoms with Crippen molar-refractivity contribution in [1.82, 2.24) is 15.0 Å². The number of rotatable bonds is 5. The van der Waals surface area contributed by atoms with Gasteiger partial charge in [0.1, 0.15) is 5.75 Å². The molecule has 20 heavy (non-hydrogen) atoms. The summed E-state index contributed by atoms with van der Waals surface area (Å²) in [6.07, 6.45) is 0. The molecule has 106 valence electrons. The van der Waals surface area contributed by atoms with E-state index in [9.17, 15) is 0 Å². The lowest BCUT2D eigenvalue weighted by atomic mass is 10.3. The van der Waals surface area contributed by atoms with Crippen LogP contribution in [0.5, 0.6) is 5.75 Å². The average Bonchev–Trinajstić information content (AvgIpc) is 2.40. The van der Waals surface area contributed by atoms with E-state index in [4.69, 9.17) is 10.5 Å². The van der Waals surface area contributed by atoms with Gasteiger partial charge in [0.05, 0.1) is 6.61 Å². The maximum Gasteiger partial charge on any atom is 0.233 e. The number of nitrogens with one attached hydrogen (secondary N) is 1. The van der Waals surface area contributed by atoms with Crippen molar-refractivity contribution in [3.05, 3.63) is 24.3 Å². The summed E-state index contributed by atoms with van der Waals surface area (Å²) >= 11 is 0. The summed E-state index contributed by atoms with van der Waals surface area (Å²) in [7, 11) is 3.69. The molecule has 2 rings (SSSR count). The van der Waals surface area contributed by atoms with E-state index in [2.05, 4.69) is 20.3 Å². The minimum atomic E-state index is 0.178. The Labute approximate surface area is 117 Å². The monoisotopic (exact) mass is 274 g/mol. The number of hydrogen-bond donors (Lipinski definition) is 2. The molecule has 0 aliphatic heterocycles. The number of benzene rings is 1. The van der Waals surface area contributed by atoms with E-state index in [0.29, 0.717) is 18.5 Å². The Hall–Kier alpha value is -2.57. The molecule has 2 aromatic rings. The molecule has 0 unspecified atom stereocenters. The summed E-state index contributed by atoms with van der Waals surface area (Å²) in [5.74, 6) is 1.91. The highest BCUT2D eigenvalue weighted by Crippen LogP contribution is 2.19. The summed E-state index contributed by atoms with van der Waals surface area (Å²) in [4.78, 5) is 14.1. The predicted octanol–water partition coefficient (Wildman–Crippen LogP) is 1.66. The normalized spacial score (nSPS) is 10.2. The number of nitrogens with zero attached hydrogens (tertiary/aromatic N) is 4. The lowest BCUT2D eigenvalue weighted by Gasteiger charge is -2.12. The van der Waals surface area contributed by atoms with E-state index < -0.39 is 0 Å². The van der Waals surface area contributed by atoms with Crippen molar-refractivity contribution in [2.45, 2.75) is 6.92 Å². The third-order valence-electron chi connectivity index (χ3n) is 2.46. The highest BCUT2D eigenvalue weighted by molar-refractivity contribution is 5.56. The first-order valence-corrected chi connectivity index (χ1v) is 6.27. The molecule has 0 spiro atoms. The first-order chi connectivity index (χ1) is 9.58. The molecule has 0 bridgehead atoms. The van der Waals surface area contributed by atoms with Crippen molar-refractivity contribution in [1.29, 1.82) is 0 Å². The number of hydrogen-bond acceptors (Lipinski definition) is 7. The number of aromatic nitrogens is 3. The van der Waals surface area contributed by atoms with Crippen LogP contribution in [0, 0.1) is 0 Å². The van der Waals surface area contributed by atoms with Gasteiger partial charge in [-0.1, -0.05) is 0 Å². The molecule has 0 radical (unpaired) electrons. The molecule has 7 nitrogen and oxygen atoms in total. The molecule has 0 aliphatic carbocycles. The Morgan fingerprint density at radius 3 is 2.45 bits per heavy atom. The predicted molar refractivity (Wildman–Crippen MR) is 79.5 cm³/mol. The largest absolute Gasteiger partial charge is 0.494 e. The lowest BCUT2D eigenvalue weighted by molar-refractivity contribution is 0.340. The molecule has 0 saturated carbocycles. The molecule has 3 N–H and O–H groups in total. The van der Waals surface area contributed by atoms with Crippen molar-refractivity contribution in [2.24, 2.45) is 0 Å². The van der Waals surface area contributed by atoms with Crippen LogP contribution < -0.4 is 20.7 Å². The second-order valence-electron chi connectivity index (χ2n) is 4.29. The fourth-order valence-corrected chi connectivity index (χ4v) is 1.57. The van der Waals surface area contributed by atoms with Gasteiger partial charge in [0, 0.05) is 19.8 Å². The molecule has 0 saturated heterocycles. The van der Waals surface area contributed by atoms with Gasteiger partial charge < -0.3 is 20.7 Å². The minimum Gasteiger partial charge on any atom is -0.494 e. The molecule has 0 amide bonds. The van der Waals surface area contributed by atoms with Gasteiger partial charge in [-0.25, -0.2) is 0 Å². The van der Waals surface area contributed by atoms with Gasteiger partial charge in [0.2, 0.25) is 17.8 Å². The van der Waals surface area contributed by atoms with Crippen molar-refractivity contribution in [2.75, 3.05) is 36.7 Å². The van der Waals surface area contributed by atoms with Crippen LogP contribution in [-0.2, 0) is 0 Å². The van der Waals surface area contributed by atoms with E-state index in [0.717, 1.165) is 11.4 Å². The van der Waals surface area contributed by atoms with Crippen LogP contribution in [0.4, 0.5) is 23.5 Å². The van der Waals surface area contributed by atoms with E-state index >= 15 is 0 Å². The van der Waals surface area contributed by atoms with Crippen LogP contribution in [0.1, 0.15) is 6.92 Å². The number of nitrogens with two attached hydrogens (primary N) is 1. The quantitative estimate of drug-likeness (QED) is 0.857. The van der Waals surface area contributed by atoms with Crippen molar-refractivity contribution < 1.29 is 4.74 Å². The second kappa shape index (κ2) is 6.05. The van der Waals surface area contributed by atoms with Crippen LogP contribution in [0.25, 0.3) is 0 Å². The number of anilines is 4. The fourth-order valence-electron chi connectivity index (χ4n) is 1.57. The van der Waals surface area contributed by atoms with Crippen LogP contribution in [0.2, 0.25) is 0 Å². The van der Waals surface area contributed by atoms with Crippen LogP contribution in [0.15, 0.2) is 24.3 Å². The van der Waals surface area contributed by atoms with Gasteiger partial charge in [0.15, 0.2) is 0 Å². The minimum absolute atomic E-state index is 0.178. The summed E-state index contributed by atoms with van der Waals surface area (Å²) in [5, 5.41) is 3.08. The van der Waals surface area contributed by atoms with E-state index in [1.165, 1.54) is 0 Å². The van der Waals surface area contributed by atoms with Crippen LogP contribution in [-0.4, -0.2) is 35.7 Å². The van der Waals surface area contributed by atoms with Gasteiger partial charge in [-0.3, -0.25) is 0 Å². The standard InChI is InChI=1S/C13H18N6O/c1-4-20-10-7-5-9(6-8-10)15-12-16-11(14)17-13(18-12)19(2)3/h5-8H,4H2,1-3H3,(H3,14,15,16,17,18). The molecule has 0 atom stereocenters. The van der Waals surface area contributed by atoms with E-state index in [1.54, 1.807) is 4.90 Å². The van der Waals surface area contributed by atoms with Crippen LogP contribution >= 0.6 is 0 Å². The van der Waals surface area contributed by atoms with Gasteiger partial charge in [-0.15, -0.1) is 0 Å². The molecule has 7 heteroatoms. The third-order valence-corrected chi connectivity index (χ3v) is 2.46. The maximum absolute atomic E-state index is 5.67. The maximum atomic E-state index is 5.67. The van der Waals surface area contributed by atoms with Gasteiger partial charge in [0.25, 0.3) is 0 Å². The highest BCUT2D eigenvalue weighted by atomic mass is 16.5. The molecular weight excluding hydrogens is 256 g/mol. The zero-order valence-electron chi connectivity index (χ0n) is 11.8. The first-order valence-electron chi connectivity index (χ1n) is 6.27. The van der Waals surface area contributed by atoms with Gasteiger partial charge >= 0.3 is 0 Å². The van der Waals surface area contributed by atoms with Crippen molar-refractivity contribution in [3.63, 3.8) is 0 Å². The molecular formula is C13H18N6O. The second-order valence-corrected chi connectivity index (χ2v) is 4.29. The Kier molecular flexibility index (Phi) is 4.19. The van der Waals surface area contributed by atoms with Crippen molar-refractivity contribution >= 4 is 23.5 Å². The molecule has 0 fully saturated rings. The Balaban J connectivity index is 2.16. The number of ether oxygens (including phenoxy) is 1. The first kappa shape index (κ1) is 13.9. The van der Waals surface area contributed by atoms with Crippen LogP contribution in [0.3, 0.4) is 0 Å². The lowest BCUT2D eigenvalue weighted by Crippen LogP contribution is -2.15. The summed E-state index contributed by atoms with van der Waals surface area (Å²) in [5.41, 5.74) is 6.52. The smallest absolute Gasteiger partial charge is 0.233 e. The summed E-state index contributed by atoms with van der Waals surface area (Å²) in [6, 6.07) is 7.53. The summed E-state index contributed by atoms with van der Waals surface area (Å²) < 4.78 is 5.39. The number of nitrogen functional groups attached to an aromatic ring is 1. The highest BCUT2D eigenvalue weighted by Gasteiger charge is 2.06. The zero-order chi connectivity index (χ0) is 14.5. The topological polar surface area (TPSA) is 89.2 Å². The van der Waals surface area contributed by atoms with Gasteiger partial charge in [-0.2, -0.15) is 15.0 Å². The third kappa shape index (κ3) is 3.47. The van der Waals surface area contributed by atoms with Crippen molar-refractivity contribution in [3.8, 4) is 5.75 Å². The SMILES string of the molecule is CCOc1ccc(Nc2nc(N)nc(N(C)C)n2)cc1.